The van der Waals surface area contributed by atoms with Gasteiger partial charge in [-0.1, -0.05) is 0 Å². The van der Waals surface area contributed by atoms with Crippen LogP contribution in [0.15, 0.2) is 53.7 Å². The van der Waals surface area contributed by atoms with E-state index in [9.17, 15) is 13.2 Å². The van der Waals surface area contributed by atoms with Gasteiger partial charge in [-0.2, -0.15) is 0 Å². The number of aromatic nitrogens is 2. The highest BCUT2D eigenvalue weighted by Crippen LogP contribution is 2.35. The monoisotopic (exact) mass is 394 g/mol. The summed E-state index contributed by atoms with van der Waals surface area (Å²) in [5.74, 6) is -0.267. The minimum absolute atomic E-state index is 0.0666. The first-order valence-electron chi connectivity index (χ1n) is 8.60. The molecule has 0 aliphatic carbocycles. The van der Waals surface area contributed by atoms with Gasteiger partial charge in [-0.3, -0.25) is 14.5 Å². The zero-order valence-electron chi connectivity index (χ0n) is 15.3. The van der Waals surface area contributed by atoms with Gasteiger partial charge in [-0.15, -0.1) is 0 Å². The lowest BCUT2D eigenvalue weighted by Crippen LogP contribution is -2.13. The number of nitrogens with zero attached hydrogens (tertiary/aromatic N) is 1. The molecule has 0 atom stereocenters. The van der Waals surface area contributed by atoms with Crippen LogP contribution in [-0.4, -0.2) is 24.3 Å². The van der Waals surface area contributed by atoms with Crippen molar-refractivity contribution in [2.24, 2.45) is 0 Å². The van der Waals surface area contributed by atoms with E-state index in [0.29, 0.717) is 22.5 Å². The smallest absolute Gasteiger partial charge is 0.261 e. The summed E-state index contributed by atoms with van der Waals surface area (Å²) in [5.41, 5.74) is 4.72. The molecule has 1 amide bonds. The fourth-order valence-corrected chi connectivity index (χ4v) is 4.23. The summed E-state index contributed by atoms with van der Waals surface area (Å²) in [5, 5.41) is 2.78. The predicted molar refractivity (Wildman–Crippen MR) is 108 cm³/mol. The number of pyridine rings is 1. The molecule has 0 fully saturated rings. The summed E-state index contributed by atoms with van der Waals surface area (Å²) in [7, 11) is -3.82. The van der Waals surface area contributed by atoms with Crippen molar-refractivity contribution in [3.63, 3.8) is 0 Å². The molecule has 8 heteroatoms. The van der Waals surface area contributed by atoms with Crippen LogP contribution in [0, 0.1) is 13.8 Å². The number of fused-ring (bicyclic) bond motifs is 1. The van der Waals surface area contributed by atoms with E-state index in [1.54, 1.807) is 30.5 Å². The van der Waals surface area contributed by atoms with Crippen LogP contribution in [0.2, 0.25) is 0 Å². The van der Waals surface area contributed by atoms with E-state index in [1.807, 2.05) is 19.9 Å². The number of sulfonamides is 1. The number of anilines is 2. The van der Waals surface area contributed by atoms with Crippen molar-refractivity contribution in [1.82, 2.24) is 9.97 Å². The van der Waals surface area contributed by atoms with Crippen LogP contribution < -0.4 is 10.0 Å². The lowest BCUT2D eigenvalue weighted by molar-refractivity contribution is -0.110. The summed E-state index contributed by atoms with van der Waals surface area (Å²) >= 11 is 0. The highest BCUT2D eigenvalue weighted by molar-refractivity contribution is 7.92. The van der Waals surface area contributed by atoms with Crippen LogP contribution in [0.4, 0.5) is 11.4 Å². The van der Waals surface area contributed by atoms with Gasteiger partial charge in [-0.05, 0) is 61.9 Å². The van der Waals surface area contributed by atoms with Crippen LogP contribution in [0.3, 0.4) is 0 Å². The molecule has 1 aromatic carbocycles. The first-order chi connectivity index (χ1) is 13.3. The zero-order chi connectivity index (χ0) is 19.9. The summed E-state index contributed by atoms with van der Waals surface area (Å²) in [6.45, 7) is 3.88. The number of carbonyl (C=O) groups excluding carboxylic acids is 1. The van der Waals surface area contributed by atoms with Crippen LogP contribution in [0.5, 0.6) is 0 Å². The molecule has 0 saturated heterocycles. The minimum Gasteiger partial charge on any atom is -0.359 e. The second kappa shape index (κ2) is 6.65. The van der Waals surface area contributed by atoms with Gasteiger partial charge >= 0.3 is 0 Å². The normalized spacial score (nSPS) is 14.8. The molecule has 0 spiro atoms. The van der Waals surface area contributed by atoms with Gasteiger partial charge in [0.25, 0.3) is 15.9 Å². The molecule has 142 valence electrons. The molecule has 0 bridgehead atoms. The zero-order valence-corrected chi connectivity index (χ0v) is 16.1. The van der Waals surface area contributed by atoms with Gasteiger partial charge in [0.1, 0.15) is 0 Å². The molecule has 0 unspecified atom stereocenters. The van der Waals surface area contributed by atoms with Crippen LogP contribution in [0.1, 0.15) is 22.5 Å². The molecule has 3 heterocycles. The third kappa shape index (κ3) is 3.29. The number of hydrogen-bond donors (Lipinski definition) is 3. The SMILES string of the molecule is Cc1cc(C)c(C=C2C(=O)Nc3ccc(S(=O)(=O)Nc4cccnc4)cc32)[nH]1. The number of rotatable bonds is 4. The van der Waals surface area contributed by atoms with E-state index in [-0.39, 0.29) is 10.8 Å². The minimum atomic E-state index is -3.82. The first-order valence-corrected chi connectivity index (χ1v) is 10.1. The number of amides is 1. The Balaban J connectivity index is 1.75. The maximum absolute atomic E-state index is 12.7. The average Bonchev–Trinajstić information content (AvgIpc) is 3.13. The summed E-state index contributed by atoms with van der Waals surface area (Å²) in [6, 6.07) is 9.81. The molecule has 7 nitrogen and oxygen atoms in total. The van der Waals surface area contributed by atoms with Crippen molar-refractivity contribution >= 4 is 39.0 Å². The Hall–Kier alpha value is -3.39. The fraction of sp³-hybridized carbons (Fsp3) is 0.100. The number of hydrogen-bond acceptors (Lipinski definition) is 4. The van der Waals surface area contributed by atoms with Gasteiger partial charge in [0.05, 0.1) is 22.4 Å². The van der Waals surface area contributed by atoms with Gasteiger partial charge in [-0.25, -0.2) is 8.42 Å². The van der Waals surface area contributed by atoms with Crippen molar-refractivity contribution in [2.75, 3.05) is 10.0 Å². The largest absolute Gasteiger partial charge is 0.359 e. The lowest BCUT2D eigenvalue weighted by Gasteiger charge is -2.09. The number of carbonyl (C=O) groups is 1. The molecule has 1 aliphatic heterocycles. The molecule has 0 saturated carbocycles. The highest BCUT2D eigenvalue weighted by atomic mass is 32.2. The number of benzene rings is 1. The Kier molecular flexibility index (Phi) is 4.27. The standard InChI is InChI=1S/C20H18N4O3S/c1-12-8-13(2)22-19(12)10-17-16-9-15(5-6-18(16)23-20(17)25)28(26,27)24-14-4-3-7-21-11-14/h3-11,22,24H,1-2H3,(H,23,25). The molecule has 0 radical (unpaired) electrons. The molecular weight excluding hydrogens is 376 g/mol. The average molecular weight is 394 g/mol. The summed E-state index contributed by atoms with van der Waals surface area (Å²) in [4.78, 5) is 19.6. The Morgan fingerprint density at radius 2 is 1.96 bits per heavy atom. The van der Waals surface area contributed by atoms with Crippen LogP contribution in [-0.2, 0) is 14.8 Å². The predicted octanol–water partition coefficient (Wildman–Crippen LogP) is 3.32. The Morgan fingerprint density at radius 3 is 2.64 bits per heavy atom. The van der Waals surface area contributed by atoms with Crippen molar-refractivity contribution in [2.45, 2.75) is 18.7 Å². The molecule has 2 aromatic heterocycles. The second-order valence-corrected chi connectivity index (χ2v) is 8.30. The van der Waals surface area contributed by atoms with Gasteiger partial charge in [0, 0.05) is 28.8 Å². The lowest BCUT2D eigenvalue weighted by atomic mass is 10.1. The topological polar surface area (TPSA) is 104 Å². The molecule has 3 aromatic rings. The Labute approximate surface area is 162 Å². The van der Waals surface area contributed by atoms with Gasteiger partial charge in [0.2, 0.25) is 0 Å². The first kappa shape index (κ1) is 18.0. The van der Waals surface area contributed by atoms with E-state index in [2.05, 4.69) is 20.0 Å². The van der Waals surface area contributed by atoms with Crippen molar-refractivity contribution < 1.29 is 13.2 Å². The molecule has 4 rings (SSSR count). The number of H-pyrrole nitrogens is 1. The van der Waals surface area contributed by atoms with Crippen LogP contribution in [0.25, 0.3) is 11.6 Å². The van der Waals surface area contributed by atoms with E-state index in [1.165, 1.54) is 18.3 Å². The number of nitrogens with one attached hydrogen (secondary N) is 3. The van der Waals surface area contributed by atoms with E-state index >= 15 is 0 Å². The highest BCUT2D eigenvalue weighted by Gasteiger charge is 2.27. The molecular formula is C20H18N4O3S. The maximum Gasteiger partial charge on any atom is 0.261 e. The van der Waals surface area contributed by atoms with Gasteiger partial charge in [0.15, 0.2) is 0 Å². The van der Waals surface area contributed by atoms with Crippen molar-refractivity contribution in [3.05, 3.63) is 71.3 Å². The quantitative estimate of drug-likeness (QED) is 0.591. The summed E-state index contributed by atoms with van der Waals surface area (Å²) < 4.78 is 28.0. The number of aryl methyl sites for hydroxylation is 2. The second-order valence-electron chi connectivity index (χ2n) is 6.62. The molecule has 3 N–H and O–H groups in total. The maximum atomic E-state index is 12.7. The summed E-state index contributed by atoms with van der Waals surface area (Å²) in [6.07, 6.45) is 4.73. The third-order valence-corrected chi connectivity index (χ3v) is 5.86. The van der Waals surface area contributed by atoms with E-state index in [4.69, 9.17) is 0 Å². The molecule has 28 heavy (non-hydrogen) atoms. The Bertz CT molecular complexity index is 1210. The number of aromatic amines is 1. The van der Waals surface area contributed by atoms with Gasteiger partial charge < -0.3 is 10.3 Å². The van der Waals surface area contributed by atoms with Crippen molar-refractivity contribution in [1.29, 1.82) is 0 Å². The van der Waals surface area contributed by atoms with E-state index in [0.717, 1.165) is 17.0 Å². The Morgan fingerprint density at radius 1 is 1.14 bits per heavy atom. The fourth-order valence-electron chi connectivity index (χ4n) is 3.16. The molecule has 1 aliphatic rings. The van der Waals surface area contributed by atoms with E-state index < -0.39 is 10.0 Å². The van der Waals surface area contributed by atoms with Crippen LogP contribution >= 0.6 is 0 Å². The van der Waals surface area contributed by atoms with Crippen molar-refractivity contribution in [3.8, 4) is 0 Å². The third-order valence-electron chi connectivity index (χ3n) is 4.48.